The lowest BCUT2D eigenvalue weighted by Crippen LogP contribution is -2.28. The molecule has 0 saturated heterocycles. The Kier molecular flexibility index (Phi) is 4.47. The number of aromatic nitrogens is 1. The lowest BCUT2D eigenvalue weighted by Gasteiger charge is -2.24. The Hall–Kier alpha value is -0.800. The molecule has 1 aromatic rings. The normalized spacial score (nSPS) is 18.3. The van der Waals surface area contributed by atoms with Crippen molar-refractivity contribution in [3.63, 3.8) is 0 Å². The molecule has 1 heterocycles. The van der Waals surface area contributed by atoms with Crippen molar-refractivity contribution in [2.24, 2.45) is 0 Å². The number of hydrogen-bond acceptors (Lipinski definition) is 3. The van der Waals surface area contributed by atoms with E-state index in [1.807, 2.05) is 6.20 Å². The summed E-state index contributed by atoms with van der Waals surface area (Å²) in [6.45, 7) is 4.22. The van der Waals surface area contributed by atoms with Gasteiger partial charge in [-0.1, -0.05) is 24.9 Å². The van der Waals surface area contributed by atoms with E-state index in [0.29, 0.717) is 12.1 Å². The predicted molar refractivity (Wildman–Crippen MR) is 84.4 cm³/mol. The molecule has 2 saturated carbocycles. The average molecular weight is 294 g/mol. The van der Waals surface area contributed by atoms with Gasteiger partial charge in [0, 0.05) is 31.4 Å². The van der Waals surface area contributed by atoms with Crippen LogP contribution in [0.25, 0.3) is 0 Å². The molecule has 0 spiro atoms. The van der Waals surface area contributed by atoms with Crippen LogP contribution < -0.4 is 10.2 Å². The van der Waals surface area contributed by atoms with Gasteiger partial charge in [0.25, 0.3) is 0 Å². The summed E-state index contributed by atoms with van der Waals surface area (Å²) in [5, 5.41) is 4.32. The molecule has 3 rings (SSSR count). The Morgan fingerprint density at radius 2 is 2.15 bits per heavy atom. The highest BCUT2D eigenvalue weighted by molar-refractivity contribution is 6.31. The molecule has 1 N–H and O–H groups in total. The van der Waals surface area contributed by atoms with Gasteiger partial charge in [-0.3, -0.25) is 0 Å². The summed E-state index contributed by atoms with van der Waals surface area (Å²) in [7, 11) is 0. The zero-order chi connectivity index (χ0) is 13.9. The molecule has 0 aromatic carbocycles. The van der Waals surface area contributed by atoms with Crippen LogP contribution in [0.3, 0.4) is 0 Å². The van der Waals surface area contributed by atoms with Crippen LogP contribution in [0.4, 0.5) is 5.82 Å². The van der Waals surface area contributed by atoms with E-state index in [4.69, 9.17) is 11.6 Å². The third-order valence-corrected chi connectivity index (χ3v) is 4.45. The minimum Gasteiger partial charge on any atom is -0.354 e. The van der Waals surface area contributed by atoms with Gasteiger partial charge in [0.1, 0.15) is 5.82 Å². The first-order valence-electron chi connectivity index (χ1n) is 7.92. The molecule has 20 heavy (non-hydrogen) atoms. The first-order valence-corrected chi connectivity index (χ1v) is 8.30. The minimum absolute atomic E-state index is 0.708. The van der Waals surface area contributed by atoms with E-state index >= 15 is 0 Å². The Bertz CT molecular complexity index is 455. The molecular weight excluding hydrogens is 270 g/mol. The number of halogens is 1. The van der Waals surface area contributed by atoms with Gasteiger partial charge in [0.2, 0.25) is 0 Å². The van der Waals surface area contributed by atoms with Gasteiger partial charge < -0.3 is 10.2 Å². The lowest BCUT2D eigenvalue weighted by atomic mass is 10.2. The molecule has 0 amide bonds. The van der Waals surface area contributed by atoms with Crippen molar-refractivity contribution in [1.29, 1.82) is 0 Å². The highest BCUT2D eigenvalue weighted by atomic mass is 35.5. The smallest absolute Gasteiger partial charge is 0.129 e. The average Bonchev–Trinajstić information content (AvgIpc) is 3.33. The van der Waals surface area contributed by atoms with Gasteiger partial charge in [0.15, 0.2) is 0 Å². The molecule has 1 aromatic heterocycles. The molecule has 110 valence electrons. The second kappa shape index (κ2) is 6.31. The van der Waals surface area contributed by atoms with Gasteiger partial charge in [-0.15, -0.1) is 0 Å². The van der Waals surface area contributed by atoms with Crippen LogP contribution in [0.15, 0.2) is 12.3 Å². The number of unbranched alkanes of at least 4 members (excludes halogenated alkanes) is 1. The van der Waals surface area contributed by atoms with E-state index < -0.39 is 0 Å². The van der Waals surface area contributed by atoms with Crippen molar-refractivity contribution < 1.29 is 0 Å². The largest absolute Gasteiger partial charge is 0.354 e. The van der Waals surface area contributed by atoms with Crippen LogP contribution in [-0.2, 0) is 6.54 Å². The minimum atomic E-state index is 0.708. The van der Waals surface area contributed by atoms with E-state index in [9.17, 15) is 0 Å². The third kappa shape index (κ3) is 3.64. The first kappa shape index (κ1) is 14.2. The number of nitrogens with zero attached hydrogens (tertiary/aromatic N) is 2. The number of anilines is 1. The molecule has 3 nitrogen and oxygen atoms in total. The summed E-state index contributed by atoms with van der Waals surface area (Å²) in [6, 6.07) is 3.60. The summed E-state index contributed by atoms with van der Waals surface area (Å²) < 4.78 is 0. The van der Waals surface area contributed by atoms with Crippen LogP contribution in [0.5, 0.6) is 0 Å². The van der Waals surface area contributed by atoms with Gasteiger partial charge in [-0.05, 0) is 43.7 Å². The monoisotopic (exact) mass is 293 g/mol. The fraction of sp³-hybridized carbons (Fsp3) is 0.688. The van der Waals surface area contributed by atoms with Crippen LogP contribution in [-0.4, -0.2) is 23.6 Å². The molecular formula is C16H24ClN3. The molecule has 0 atom stereocenters. The molecule has 4 heteroatoms. The van der Waals surface area contributed by atoms with E-state index in [2.05, 4.69) is 28.2 Å². The van der Waals surface area contributed by atoms with E-state index in [1.54, 1.807) is 0 Å². The topological polar surface area (TPSA) is 28.2 Å². The fourth-order valence-electron chi connectivity index (χ4n) is 2.50. The van der Waals surface area contributed by atoms with E-state index in [-0.39, 0.29) is 0 Å². The van der Waals surface area contributed by atoms with Gasteiger partial charge in [-0.2, -0.15) is 0 Å². The van der Waals surface area contributed by atoms with Gasteiger partial charge >= 0.3 is 0 Å². The SMILES string of the molecule is CCCCN(c1cc(CNC2CC2)c(Cl)cn1)C1CC1. The summed E-state index contributed by atoms with van der Waals surface area (Å²) in [5.74, 6) is 1.11. The molecule has 2 fully saturated rings. The maximum absolute atomic E-state index is 6.28. The highest BCUT2D eigenvalue weighted by Crippen LogP contribution is 2.32. The second-order valence-corrected chi connectivity index (χ2v) is 6.47. The van der Waals surface area contributed by atoms with Crippen LogP contribution in [0, 0.1) is 0 Å². The highest BCUT2D eigenvalue weighted by Gasteiger charge is 2.30. The summed E-state index contributed by atoms with van der Waals surface area (Å²) in [5.41, 5.74) is 1.19. The quantitative estimate of drug-likeness (QED) is 0.791. The van der Waals surface area contributed by atoms with Gasteiger partial charge in [0.05, 0.1) is 5.02 Å². The standard InChI is InChI=1S/C16H24ClN3/c1-2-3-8-20(14-6-7-14)16-9-12(15(17)11-19-16)10-18-13-4-5-13/h9,11,13-14,18H,2-8,10H2,1H3. The zero-order valence-corrected chi connectivity index (χ0v) is 13.0. The number of pyridine rings is 1. The maximum atomic E-state index is 6.28. The van der Waals surface area contributed by atoms with Crippen molar-refractivity contribution in [3.05, 3.63) is 22.8 Å². The summed E-state index contributed by atoms with van der Waals surface area (Å²) in [4.78, 5) is 7.04. The summed E-state index contributed by atoms with van der Waals surface area (Å²) >= 11 is 6.28. The van der Waals surface area contributed by atoms with Crippen LogP contribution in [0.2, 0.25) is 5.02 Å². The number of nitrogens with one attached hydrogen (secondary N) is 1. The van der Waals surface area contributed by atoms with Crippen LogP contribution in [0.1, 0.15) is 51.0 Å². The molecule has 2 aliphatic carbocycles. The van der Waals surface area contributed by atoms with E-state index in [1.165, 1.54) is 44.1 Å². The predicted octanol–water partition coefficient (Wildman–Crippen LogP) is 3.76. The molecule has 0 unspecified atom stereocenters. The maximum Gasteiger partial charge on any atom is 0.129 e. The molecule has 0 bridgehead atoms. The molecule has 0 aliphatic heterocycles. The van der Waals surface area contributed by atoms with Crippen molar-refractivity contribution in [3.8, 4) is 0 Å². The number of rotatable bonds is 8. The second-order valence-electron chi connectivity index (χ2n) is 6.07. The Morgan fingerprint density at radius 3 is 2.80 bits per heavy atom. The Morgan fingerprint density at radius 1 is 1.35 bits per heavy atom. The Labute approximate surface area is 126 Å². The van der Waals surface area contributed by atoms with Crippen molar-refractivity contribution >= 4 is 17.4 Å². The van der Waals surface area contributed by atoms with Gasteiger partial charge in [-0.25, -0.2) is 4.98 Å². The Balaban J connectivity index is 1.71. The van der Waals surface area contributed by atoms with Crippen molar-refractivity contribution in [2.75, 3.05) is 11.4 Å². The van der Waals surface area contributed by atoms with Crippen LogP contribution >= 0.6 is 11.6 Å². The van der Waals surface area contributed by atoms with Crippen molar-refractivity contribution in [2.45, 2.75) is 64.1 Å². The molecule has 2 aliphatic rings. The third-order valence-electron chi connectivity index (χ3n) is 4.11. The molecule has 0 radical (unpaired) electrons. The van der Waals surface area contributed by atoms with E-state index in [0.717, 1.165) is 23.9 Å². The first-order chi connectivity index (χ1) is 9.78. The summed E-state index contributed by atoms with van der Waals surface area (Å²) in [6.07, 6.45) is 9.51. The number of hydrogen-bond donors (Lipinski definition) is 1. The zero-order valence-electron chi connectivity index (χ0n) is 12.2. The van der Waals surface area contributed by atoms with Crippen molar-refractivity contribution in [1.82, 2.24) is 10.3 Å². The fourth-order valence-corrected chi connectivity index (χ4v) is 2.67. The lowest BCUT2D eigenvalue weighted by molar-refractivity contribution is 0.682.